The summed E-state index contributed by atoms with van der Waals surface area (Å²) in [6.07, 6.45) is 11.7. The standard InChI is InChI=1S/C53H42.C18H16/c1-35-22-29-46(36(2)30-35)47-17-7-6-12-42(47)31-37-23-25-38(26-24-37)48-19-11-21-51-52(48)49-18-8-9-20-50(49)53(51,44-14-4-3-5-15-44)45-16-10-13-39(34-45)40-27-28-41-33-43(41)32-40;1-2-7-15(8-3-1)13-14-17-11-6-10-16-9-4-5-12-18(16)17/h3-30,32,34,41,43H,31,33H2,1-2H3;1-12H,13-14H2. The molecule has 0 spiro atoms. The summed E-state index contributed by atoms with van der Waals surface area (Å²) in [4.78, 5) is 0. The normalized spacial score (nSPS) is 17.1. The molecule has 3 atom stereocenters. The third-order valence-electron chi connectivity index (χ3n) is 15.5. The van der Waals surface area contributed by atoms with E-state index in [1.165, 1.54) is 117 Å². The molecule has 10 aromatic rings. The van der Waals surface area contributed by atoms with E-state index in [1.54, 1.807) is 0 Å². The van der Waals surface area contributed by atoms with Crippen LogP contribution in [0, 0.1) is 25.7 Å². The number of hydrogen-bond acceptors (Lipinski definition) is 0. The van der Waals surface area contributed by atoms with E-state index < -0.39 is 5.41 Å². The van der Waals surface area contributed by atoms with Crippen LogP contribution in [0.2, 0.25) is 0 Å². The van der Waals surface area contributed by atoms with E-state index in [0.29, 0.717) is 5.92 Å². The Hall–Kier alpha value is -8.06. The fourth-order valence-electron chi connectivity index (χ4n) is 11.8. The van der Waals surface area contributed by atoms with Crippen LogP contribution in [0.15, 0.2) is 255 Å². The van der Waals surface area contributed by atoms with Crippen molar-refractivity contribution in [1.82, 2.24) is 0 Å². The third kappa shape index (κ3) is 8.49. The molecule has 1 saturated carbocycles. The van der Waals surface area contributed by atoms with Gasteiger partial charge in [-0.1, -0.05) is 254 Å². The molecule has 0 nitrogen and oxygen atoms in total. The number of rotatable bonds is 10. The molecule has 3 unspecified atom stereocenters. The Kier molecular flexibility index (Phi) is 11.8. The van der Waals surface area contributed by atoms with Gasteiger partial charge in [0, 0.05) is 0 Å². The Labute approximate surface area is 420 Å². The van der Waals surface area contributed by atoms with Crippen LogP contribution in [0.1, 0.15) is 67.6 Å². The van der Waals surface area contributed by atoms with Gasteiger partial charge in [0.1, 0.15) is 0 Å². The van der Waals surface area contributed by atoms with Gasteiger partial charge in [0.25, 0.3) is 0 Å². The zero-order chi connectivity index (χ0) is 47.7. The van der Waals surface area contributed by atoms with Gasteiger partial charge in [0.2, 0.25) is 0 Å². The van der Waals surface area contributed by atoms with Crippen molar-refractivity contribution in [2.24, 2.45) is 11.8 Å². The predicted molar refractivity (Wildman–Crippen MR) is 300 cm³/mol. The molecule has 0 aliphatic heterocycles. The van der Waals surface area contributed by atoms with E-state index in [0.717, 1.165) is 25.2 Å². The van der Waals surface area contributed by atoms with Crippen LogP contribution in [0.5, 0.6) is 0 Å². The van der Waals surface area contributed by atoms with E-state index in [-0.39, 0.29) is 0 Å². The Balaban J connectivity index is 0.000000241. The van der Waals surface area contributed by atoms with Gasteiger partial charge in [-0.15, -0.1) is 0 Å². The summed E-state index contributed by atoms with van der Waals surface area (Å²) >= 11 is 0. The quantitative estimate of drug-likeness (QED) is 0.128. The van der Waals surface area contributed by atoms with Gasteiger partial charge in [-0.2, -0.15) is 0 Å². The Bertz CT molecular complexity index is 3600. The molecule has 0 bridgehead atoms. The second-order valence-electron chi connectivity index (χ2n) is 20.0. The van der Waals surface area contributed by atoms with Gasteiger partial charge in [-0.3, -0.25) is 0 Å². The summed E-state index contributed by atoms with van der Waals surface area (Å²) in [5.74, 6) is 1.45. The van der Waals surface area contributed by atoms with Gasteiger partial charge in [-0.25, -0.2) is 0 Å². The topological polar surface area (TPSA) is 0 Å². The number of benzene rings is 10. The molecule has 0 saturated heterocycles. The fourth-order valence-corrected chi connectivity index (χ4v) is 11.8. The molecule has 0 heteroatoms. The smallest absolute Gasteiger partial charge is 0.0714 e. The van der Waals surface area contributed by atoms with Gasteiger partial charge < -0.3 is 0 Å². The van der Waals surface area contributed by atoms with Crippen LogP contribution in [0.25, 0.3) is 49.7 Å². The summed E-state index contributed by atoms with van der Waals surface area (Å²) in [5, 5.41) is 2.72. The highest BCUT2D eigenvalue weighted by Gasteiger charge is 2.47. The predicted octanol–water partition coefficient (Wildman–Crippen LogP) is 17.8. The van der Waals surface area contributed by atoms with Crippen molar-refractivity contribution >= 4 is 16.3 Å². The molecule has 10 aromatic carbocycles. The molecule has 342 valence electrons. The second-order valence-corrected chi connectivity index (χ2v) is 20.0. The van der Waals surface area contributed by atoms with Crippen molar-refractivity contribution in [2.75, 3.05) is 0 Å². The lowest BCUT2D eigenvalue weighted by atomic mass is 9.67. The summed E-state index contributed by atoms with van der Waals surface area (Å²) in [6.45, 7) is 4.39. The first-order valence-corrected chi connectivity index (χ1v) is 25.6. The average molecular weight is 911 g/mol. The molecule has 3 aliphatic carbocycles. The maximum atomic E-state index is 2.50. The molecule has 0 N–H and O–H groups in total. The Morgan fingerprint density at radius 2 is 1.10 bits per heavy atom. The lowest BCUT2D eigenvalue weighted by Gasteiger charge is -2.34. The zero-order valence-electron chi connectivity index (χ0n) is 40.7. The Morgan fingerprint density at radius 1 is 0.437 bits per heavy atom. The lowest BCUT2D eigenvalue weighted by Crippen LogP contribution is -2.28. The lowest BCUT2D eigenvalue weighted by molar-refractivity contribution is 0.768. The third-order valence-corrected chi connectivity index (χ3v) is 15.5. The molecule has 0 radical (unpaired) electrons. The first kappa shape index (κ1) is 44.2. The highest BCUT2D eigenvalue weighted by atomic mass is 14.5. The number of allylic oxidation sites excluding steroid dienone is 4. The van der Waals surface area contributed by atoms with Crippen LogP contribution in [0.3, 0.4) is 0 Å². The minimum Gasteiger partial charge on any atom is -0.0802 e. The van der Waals surface area contributed by atoms with Crippen LogP contribution in [0.4, 0.5) is 0 Å². The van der Waals surface area contributed by atoms with Crippen LogP contribution in [-0.4, -0.2) is 0 Å². The molecule has 1 fully saturated rings. The van der Waals surface area contributed by atoms with E-state index in [9.17, 15) is 0 Å². The number of aryl methyl sites for hydroxylation is 4. The molecular weight excluding hydrogens is 853 g/mol. The number of hydrogen-bond donors (Lipinski definition) is 0. The number of fused-ring (bicyclic) bond motifs is 5. The van der Waals surface area contributed by atoms with Gasteiger partial charge in [-0.05, 0) is 163 Å². The van der Waals surface area contributed by atoms with Gasteiger partial charge in [0.15, 0.2) is 0 Å². The largest absolute Gasteiger partial charge is 0.0802 e. The highest BCUT2D eigenvalue weighted by Crippen LogP contribution is 2.58. The molecule has 13 rings (SSSR count). The first-order valence-electron chi connectivity index (χ1n) is 25.6. The fraction of sp³-hybridized carbons (Fsp3) is 0.127. The minimum atomic E-state index is -0.446. The second kappa shape index (κ2) is 19.0. The van der Waals surface area contributed by atoms with E-state index in [2.05, 4.69) is 269 Å². The van der Waals surface area contributed by atoms with Crippen molar-refractivity contribution in [3.05, 3.63) is 316 Å². The van der Waals surface area contributed by atoms with Crippen LogP contribution in [-0.2, 0) is 24.7 Å². The van der Waals surface area contributed by atoms with Crippen molar-refractivity contribution in [3.8, 4) is 33.4 Å². The van der Waals surface area contributed by atoms with Crippen molar-refractivity contribution in [3.63, 3.8) is 0 Å². The highest BCUT2D eigenvalue weighted by molar-refractivity contribution is 5.96. The van der Waals surface area contributed by atoms with Crippen molar-refractivity contribution in [2.45, 2.75) is 44.9 Å². The maximum Gasteiger partial charge on any atom is 0.0714 e. The van der Waals surface area contributed by atoms with Crippen LogP contribution < -0.4 is 0 Å². The van der Waals surface area contributed by atoms with Crippen molar-refractivity contribution < 1.29 is 0 Å². The SMILES string of the molecule is Cc1ccc(-c2ccccc2Cc2ccc(-c3cccc4c3-c3ccccc3C4(c3ccccc3)c3cccc(C4=CC5CC5C=C4)c3)cc2)c(C)c1.c1ccc(CCc2cccc3ccccc23)cc1. The molecule has 0 aromatic heterocycles. The maximum absolute atomic E-state index is 2.50. The summed E-state index contributed by atoms with van der Waals surface area (Å²) < 4.78 is 0. The summed E-state index contributed by atoms with van der Waals surface area (Å²) in [7, 11) is 0. The summed E-state index contributed by atoms with van der Waals surface area (Å²) in [5.41, 5.74) is 23.5. The van der Waals surface area contributed by atoms with Crippen LogP contribution >= 0.6 is 0 Å². The molecular formula is C71H58. The van der Waals surface area contributed by atoms with Crippen molar-refractivity contribution in [1.29, 1.82) is 0 Å². The molecule has 3 aliphatic rings. The average Bonchev–Trinajstić information content (AvgIpc) is 4.15. The zero-order valence-corrected chi connectivity index (χ0v) is 40.7. The molecule has 0 heterocycles. The molecule has 0 amide bonds. The molecule has 71 heavy (non-hydrogen) atoms. The minimum absolute atomic E-state index is 0.446. The van der Waals surface area contributed by atoms with E-state index in [4.69, 9.17) is 0 Å². The van der Waals surface area contributed by atoms with E-state index >= 15 is 0 Å². The summed E-state index contributed by atoms with van der Waals surface area (Å²) in [6, 6.07) is 87.6. The Morgan fingerprint density at radius 3 is 1.93 bits per heavy atom. The van der Waals surface area contributed by atoms with Gasteiger partial charge >= 0.3 is 0 Å². The monoisotopic (exact) mass is 910 g/mol. The van der Waals surface area contributed by atoms with E-state index in [1.807, 2.05) is 0 Å². The first-order chi connectivity index (χ1) is 35.0. The van der Waals surface area contributed by atoms with Gasteiger partial charge in [0.05, 0.1) is 5.41 Å².